The molecule has 0 fully saturated rings. The molecule has 0 aliphatic heterocycles. The van der Waals surface area contributed by atoms with Crippen LogP contribution >= 0.6 is 11.6 Å². The maximum absolute atomic E-state index is 13.8. The van der Waals surface area contributed by atoms with Crippen LogP contribution in [0.3, 0.4) is 0 Å². The third kappa shape index (κ3) is 3.81. The van der Waals surface area contributed by atoms with Crippen molar-refractivity contribution in [2.45, 2.75) is 13.5 Å². The molecule has 2 aromatic heterocycles. The lowest BCUT2D eigenvalue weighted by Crippen LogP contribution is -2.20. The third-order valence-electron chi connectivity index (χ3n) is 4.12. The van der Waals surface area contributed by atoms with E-state index < -0.39 is 23.0 Å². The smallest absolute Gasteiger partial charge is 0.310 e. The summed E-state index contributed by atoms with van der Waals surface area (Å²) < 4.78 is 47.2. The fourth-order valence-electron chi connectivity index (χ4n) is 2.80. The maximum Gasteiger partial charge on any atom is 0.310 e. The van der Waals surface area contributed by atoms with E-state index in [0.717, 1.165) is 18.3 Å². The minimum Gasteiger partial charge on any atom is -0.441 e. The SMILES string of the molecule is Cc1nc2cc(Cl)c(Nc3nc(=O)c(F)cn3Cc3ccc(F)c(F)c3)cc2o1. The van der Waals surface area contributed by atoms with Crippen LogP contribution in [0.15, 0.2) is 45.7 Å². The van der Waals surface area contributed by atoms with Gasteiger partial charge >= 0.3 is 5.56 Å². The van der Waals surface area contributed by atoms with Crippen molar-refractivity contribution < 1.29 is 17.6 Å². The average Bonchev–Trinajstić information content (AvgIpc) is 3.01. The molecule has 0 radical (unpaired) electrons. The van der Waals surface area contributed by atoms with E-state index in [1.807, 2.05) is 0 Å². The average molecular weight is 421 g/mol. The Labute approximate surface area is 166 Å². The summed E-state index contributed by atoms with van der Waals surface area (Å²) in [7, 11) is 0. The minimum atomic E-state index is -1.09. The monoisotopic (exact) mass is 420 g/mol. The minimum absolute atomic E-state index is 0.0429. The van der Waals surface area contributed by atoms with Gasteiger partial charge in [0.15, 0.2) is 23.1 Å². The van der Waals surface area contributed by atoms with Gasteiger partial charge < -0.3 is 14.3 Å². The molecule has 0 aliphatic carbocycles. The number of fused-ring (bicyclic) bond motifs is 1. The van der Waals surface area contributed by atoms with Crippen LogP contribution < -0.4 is 10.9 Å². The Balaban J connectivity index is 1.75. The summed E-state index contributed by atoms with van der Waals surface area (Å²) in [6, 6.07) is 6.41. The van der Waals surface area contributed by atoms with Crippen LogP contribution in [-0.2, 0) is 6.54 Å². The highest BCUT2D eigenvalue weighted by atomic mass is 35.5. The van der Waals surface area contributed by atoms with Gasteiger partial charge in [-0.05, 0) is 23.8 Å². The highest BCUT2D eigenvalue weighted by Gasteiger charge is 2.14. The molecular formula is C19H12ClF3N4O2. The molecule has 0 spiro atoms. The number of aromatic nitrogens is 3. The lowest BCUT2D eigenvalue weighted by molar-refractivity contribution is 0.506. The van der Waals surface area contributed by atoms with Crippen molar-refractivity contribution >= 4 is 34.3 Å². The number of oxazole rings is 1. The van der Waals surface area contributed by atoms with Crippen LogP contribution in [0.5, 0.6) is 0 Å². The standard InChI is InChI=1S/C19H12ClF3N4O2/c1-9-24-16-5-11(20)15(6-17(16)29-9)25-19-26-18(28)14(23)8-27(19)7-10-2-3-12(21)13(22)4-10/h2-6,8H,7H2,1H3,(H,25,26,28). The van der Waals surface area contributed by atoms with E-state index in [2.05, 4.69) is 15.3 Å². The first-order chi connectivity index (χ1) is 13.8. The zero-order chi connectivity index (χ0) is 20.7. The number of benzene rings is 2. The quantitative estimate of drug-likeness (QED) is 0.524. The second kappa shape index (κ2) is 7.25. The fourth-order valence-corrected chi connectivity index (χ4v) is 3.01. The maximum atomic E-state index is 13.8. The molecule has 29 heavy (non-hydrogen) atoms. The Morgan fingerprint density at radius 2 is 1.90 bits per heavy atom. The number of halogens is 4. The molecule has 4 aromatic rings. The Bertz CT molecular complexity index is 1300. The Hall–Kier alpha value is -3.33. The first kappa shape index (κ1) is 19.0. The van der Waals surface area contributed by atoms with E-state index in [1.165, 1.54) is 10.6 Å². The summed E-state index contributed by atoms with van der Waals surface area (Å²) in [4.78, 5) is 19.6. The molecule has 2 heterocycles. The molecule has 4 rings (SSSR count). The summed E-state index contributed by atoms with van der Waals surface area (Å²) in [5, 5.41) is 3.12. The third-order valence-corrected chi connectivity index (χ3v) is 4.43. The summed E-state index contributed by atoms with van der Waals surface area (Å²) in [6.07, 6.45) is 0.921. The largest absolute Gasteiger partial charge is 0.441 e. The van der Waals surface area contributed by atoms with Gasteiger partial charge in [0.1, 0.15) is 5.52 Å². The van der Waals surface area contributed by atoms with Crippen molar-refractivity contribution in [1.29, 1.82) is 0 Å². The topological polar surface area (TPSA) is 73.0 Å². The second-order valence-electron chi connectivity index (χ2n) is 6.25. The number of aryl methyl sites for hydroxylation is 1. The summed E-state index contributed by atoms with van der Waals surface area (Å²) >= 11 is 6.26. The molecule has 0 unspecified atom stereocenters. The van der Waals surface area contributed by atoms with Crippen LogP contribution in [0.25, 0.3) is 11.1 Å². The number of nitrogens with zero attached hydrogens (tertiary/aromatic N) is 3. The van der Waals surface area contributed by atoms with Gasteiger partial charge in [-0.15, -0.1) is 0 Å². The molecule has 2 aromatic carbocycles. The van der Waals surface area contributed by atoms with E-state index in [0.29, 0.717) is 28.2 Å². The van der Waals surface area contributed by atoms with Gasteiger partial charge in [0.25, 0.3) is 0 Å². The van der Waals surface area contributed by atoms with E-state index in [4.69, 9.17) is 16.0 Å². The zero-order valence-electron chi connectivity index (χ0n) is 14.8. The molecular weight excluding hydrogens is 409 g/mol. The highest BCUT2D eigenvalue weighted by molar-refractivity contribution is 6.34. The molecule has 1 N–H and O–H groups in total. The fraction of sp³-hybridized carbons (Fsp3) is 0.105. The van der Waals surface area contributed by atoms with Crippen LogP contribution in [0.4, 0.5) is 24.8 Å². The highest BCUT2D eigenvalue weighted by Crippen LogP contribution is 2.30. The molecule has 148 valence electrons. The second-order valence-corrected chi connectivity index (χ2v) is 6.66. The van der Waals surface area contributed by atoms with Gasteiger partial charge in [-0.1, -0.05) is 17.7 Å². The predicted molar refractivity (Wildman–Crippen MR) is 101 cm³/mol. The van der Waals surface area contributed by atoms with E-state index in [1.54, 1.807) is 19.1 Å². The summed E-state index contributed by atoms with van der Waals surface area (Å²) in [5.74, 6) is -2.73. The van der Waals surface area contributed by atoms with Crippen molar-refractivity contribution in [3.63, 3.8) is 0 Å². The Morgan fingerprint density at radius 1 is 1.10 bits per heavy atom. The van der Waals surface area contributed by atoms with Crippen molar-refractivity contribution in [1.82, 2.24) is 14.5 Å². The predicted octanol–water partition coefficient (Wildman–Crippen LogP) is 4.56. The van der Waals surface area contributed by atoms with E-state index in [9.17, 15) is 18.0 Å². The van der Waals surface area contributed by atoms with Crippen LogP contribution in [0.2, 0.25) is 5.02 Å². The molecule has 0 bridgehead atoms. The lowest BCUT2D eigenvalue weighted by Gasteiger charge is -2.15. The number of nitrogens with one attached hydrogen (secondary N) is 1. The normalized spacial score (nSPS) is 11.2. The zero-order valence-corrected chi connectivity index (χ0v) is 15.6. The van der Waals surface area contributed by atoms with E-state index in [-0.39, 0.29) is 17.5 Å². The first-order valence-electron chi connectivity index (χ1n) is 8.35. The number of rotatable bonds is 4. The van der Waals surface area contributed by atoms with Crippen LogP contribution in [0, 0.1) is 24.4 Å². The van der Waals surface area contributed by atoms with Gasteiger partial charge in [0.2, 0.25) is 11.8 Å². The summed E-state index contributed by atoms with van der Waals surface area (Å²) in [5.41, 5.74) is 0.592. The number of hydrogen-bond acceptors (Lipinski definition) is 5. The van der Waals surface area contributed by atoms with Crippen molar-refractivity contribution in [3.05, 3.63) is 80.8 Å². The molecule has 0 atom stereocenters. The van der Waals surface area contributed by atoms with E-state index >= 15 is 0 Å². The lowest BCUT2D eigenvalue weighted by atomic mass is 10.2. The van der Waals surface area contributed by atoms with Crippen LogP contribution in [-0.4, -0.2) is 14.5 Å². The Morgan fingerprint density at radius 3 is 2.66 bits per heavy atom. The molecule has 6 nitrogen and oxygen atoms in total. The summed E-state index contributed by atoms with van der Waals surface area (Å²) in [6.45, 7) is 1.60. The van der Waals surface area contributed by atoms with Gasteiger partial charge in [0.05, 0.1) is 17.3 Å². The first-order valence-corrected chi connectivity index (χ1v) is 8.72. The van der Waals surface area contributed by atoms with Gasteiger partial charge in [0, 0.05) is 19.2 Å². The Kier molecular flexibility index (Phi) is 4.75. The van der Waals surface area contributed by atoms with Crippen LogP contribution in [0.1, 0.15) is 11.5 Å². The number of hydrogen-bond donors (Lipinski definition) is 1. The molecule has 0 saturated carbocycles. The molecule has 0 aliphatic rings. The van der Waals surface area contributed by atoms with Crippen molar-refractivity contribution in [2.24, 2.45) is 0 Å². The molecule has 0 saturated heterocycles. The van der Waals surface area contributed by atoms with Gasteiger partial charge in [-0.3, -0.25) is 4.79 Å². The molecule has 10 heteroatoms. The van der Waals surface area contributed by atoms with Crippen molar-refractivity contribution in [3.8, 4) is 0 Å². The molecule has 0 amide bonds. The van der Waals surface area contributed by atoms with Crippen molar-refractivity contribution in [2.75, 3.05) is 5.32 Å². The van der Waals surface area contributed by atoms with Gasteiger partial charge in [-0.2, -0.15) is 9.37 Å². The number of anilines is 2. The van der Waals surface area contributed by atoms with Gasteiger partial charge in [-0.25, -0.2) is 13.8 Å².